The Hall–Kier alpha value is -2.27. The van der Waals surface area contributed by atoms with Gasteiger partial charge in [-0.25, -0.2) is 4.98 Å². The Morgan fingerprint density at radius 3 is 2.88 bits per heavy atom. The van der Waals surface area contributed by atoms with Gasteiger partial charge < -0.3 is 4.74 Å². The summed E-state index contributed by atoms with van der Waals surface area (Å²) in [6.07, 6.45) is 10.00. The van der Waals surface area contributed by atoms with Gasteiger partial charge in [0.15, 0.2) is 0 Å². The lowest BCUT2D eigenvalue weighted by Gasteiger charge is -2.19. The molecular weight excluding hydrogens is 334 g/mol. The van der Waals surface area contributed by atoms with Crippen LogP contribution in [0.15, 0.2) is 59.9 Å². The molecule has 0 aromatic carbocycles. The number of hydrogen-bond donors (Lipinski definition) is 0. The largest absolute Gasteiger partial charge is 0.417 e. The maximum Gasteiger partial charge on any atom is 0.388 e. The molecule has 124 valence electrons. The first kappa shape index (κ1) is 16.6. The summed E-state index contributed by atoms with van der Waals surface area (Å²) in [5.41, 5.74) is 2.36. The lowest BCUT2D eigenvalue weighted by molar-refractivity contribution is -0.0536. The summed E-state index contributed by atoms with van der Waals surface area (Å²) < 4.78 is 29.9. The van der Waals surface area contributed by atoms with Crippen molar-refractivity contribution in [3.05, 3.63) is 76.7 Å². The summed E-state index contributed by atoms with van der Waals surface area (Å²) in [7, 11) is 0. The maximum absolute atomic E-state index is 12.7. The highest BCUT2D eigenvalue weighted by Gasteiger charge is 2.20. The van der Waals surface area contributed by atoms with Gasteiger partial charge >= 0.3 is 6.61 Å². The van der Waals surface area contributed by atoms with Gasteiger partial charge in [0, 0.05) is 41.0 Å². The molecule has 0 aliphatic heterocycles. The monoisotopic (exact) mass is 348 g/mol. The van der Waals surface area contributed by atoms with Crippen LogP contribution in [-0.4, -0.2) is 16.6 Å². The zero-order valence-corrected chi connectivity index (χ0v) is 13.5. The fourth-order valence-corrected chi connectivity index (χ4v) is 2.87. The van der Waals surface area contributed by atoms with Gasteiger partial charge in [0.2, 0.25) is 5.88 Å². The van der Waals surface area contributed by atoms with Gasteiger partial charge in [0.25, 0.3) is 0 Å². The maximum atomic E-state index is 12.7. The number of nitrogens with zero attached hydrogens (tertiary/aromatic N) is 2. The van der Waals surface area contributed by atoms with Gasteiger partial charge in [0.1, 0.15) is 0 Å². The van der Waals surface area contributed by atoms with Gasteiger partial charge in [0.05, 0.1) is 0 Å². The molecule has 3 rings (SSSR count). The minimum atomic E-state index is -2.92. The third-order valence-corrected chi connectivity index (χ3v) is 3.93. The van der Waals surface area contributed by atoms with Crippen LogP contribution in [0.3, 0.4) is 0 Å². The first-order valence-electron chi connectivity index (χ1n) is 7.49. The minimum Gasteiger partial charge on any atom is -0.417 e. The number of pyridine rings is 2. The van der Waals surface area contributed by atoms with E-state index >= 15 is 0 Å². The van der Waals surface area contributed by atoms with Crippen molar-refractivity contribution in [2.75, 3.05) is 0 Å². The molecule has 3 nitrogen and oxygen atoms in total. The lowest BCUT2D eigenvalue weighted by Crippen LogP contribution is -2.10. The molecule has 1 atom stereocenters. The van der Waals surface area contributed by atoms with Gasteiger partial charge in [-0.05, 0) is 36.3 Å². The molecule has 0 spiro atoms. The molecular formula is C18H15ClF2N2O. The Labute approximate surface area is 143 Å². The first-order chi connectivity index (χ1) is 11.6. The molecule has 1 aliphatic rings. The third-order valence-electron chi connectivity index (χ3n) is 3.67. The SMILES string of the molecule is FC(F)Oc1ncc(Cc2ccccn2)cc1C1C=C(Cl)C=CC1. The molecule has 0 amide bonds. The van der Waals surface area contributed by atoms with E-state index in [1.54, 1.807) is 18.5 Å². The van der Waals surface area contributed by atoms with Crippen molar-refractivity contribution in [3.8, 4) is 5.88 Å². The second-order valence-corrected chi connectivity index (χ2v) is 5.85. The molecule has 2 aromatic heterocycles. The highest BCUT2D eigenvalue weighted by molar-refractivity contribution is 6.31. The molecule has 1 aliphatic carbocycles. The van der Waals surface area contributed by atoms with Crippen LogP contribution >= 0.6 is 11.6 Å². The number of halogens is 3. The van der Waals surface area contributed by atoms with E-state index < -0.39 is 6.61 Å². The number of aromatic nitrogens is 2. The van der Waals surface area contributed by atoms with Crippen molar-refractivity contribution in [1.29, 1.82) is 0 Å². The third kappa shape index (κ3) is 4.17. The molecule has 0 N–H and O–H groups in total. The molecule has 2 heterocycles. The number of ether oxygens (including phenoxy) is 1. The number of hydrogen-bond acceptors (Lipinski definition) is 3. The minimum absolute atomic E-state index is 0.0595. The zero-order chi connectivity index (χ0) is 16.9. The molecule has 1 unspecified atom stereocenters. The summed E-state index contributed by atoms with van der Waals surface area (Å²) >= 11 is 6.04. The lowest BCUT2D eigenvalue weighted by atomic mass is 9.92. The molecule has 0 radical (unpaired) electrons. The summed E-state index contributed by atoms with van der Waals surface area (Å²) in [5.74, 6) is -0.205. The molecule has 24 heavy (non-hydrogen) atoms. The average Bonchev–Trinajstić information content (AvgIpc) is 2.57. The number of alkyl halides is 2. The molecule has 0 fully saturated rings. The summed E-state index contributed by atoms with van der Waals surface area (Å²) in [5, 5.41) is 0.573. The van der Waals surface area contributed by atoms with E-state index in [1.165, 1.54) is 0 Å². The Kier molecular flexibility index (Phi) is 5.20. The number of allylic oxidation sites excluding steroid dienone is 4. The fourth-order valence-electron chi connectivity index (χ4n) is 2.63. The van der Waals surface area contributed by atoms with E-state index in [9.17, 15) is 8.78 Å². The van der Waals surface area contributed by atoms with E-state index in [2.05, 4.69) is 14.7 Å². The highest BCUT2D eigenvalue weighted by Crippen LogP contribution is 2.34. The van der Waals surface area contributed by atoms with Crippen LogP contribution in [0.4, 0.5) is 8.78 Å². The van der Waals surface area contributed by atoms with E-state index in [1.807, 2.05) is 36.4 Å². The Morgan fingerprint density at radius 2 is 2.17 bits per heavy atom. The molecule has 6 heteroatoms. The van der Waals surface area contributed by atoms with Crippen molar-refractivity contribution in [1.82, 2.24) is 9.97 Å². The summed E-state index contributed by atoms with van der Waals surface area (Å²) in [4.78, 5) is 8.36. The highest BCUT2D eigenvalue weighted by atomic mass is 35.5. The van der Waals surface area contributed by atoms with E-state index in [-0.39, 0.29) is 11.8 Å². The van der Waals surface area contributed by atoms with Gasteiger partial charge in [-0.15, -0.1) is 0 Å². The van der Waals surface area contributed by atoms with Crippen LogP contribution in [0.5, 0.6) is 5.88 Å². The van der Waals surface area contributed by atoms with Gasteiger partial charge in [-0.3, -0.25) is 4.98 Å². The molecule has 2 aromatic rings. The summed E-state index contributed by atoms with van der Waals surface area (Å²) in [6, 6.07) is 7.49. The average molecular weight is 349 g/mol. The smallest absolute Gasteiger partial charge is 0.388 e. The molecule has 0 bridgehead atoms. The van der Waals surface area contributed by atoms with Crippen molar-refractivity contribution >= 4 is 11.6 Å². The predicted molar refractivity (Wildman–Crippen MR) is 88.3 cm³/mol. The van der Waals surface area contributed by atoms with Crippen LogP contribution in [0.1, 0.15) is 29.2 Å². The van der Waals surface area contributed by atoms with Crippen LogP contribution in [-0.2, 0) is 6.42 Å². The summed E-state index contributed by atoms with van der Waals surface area (Å²) in [6.45, 7) is -2.92. The van der Waals surface area contributed by atoms with Crippen LogP contribution in [0.25, 0.3) is 0 Å². The predicted octanol–water partition coefficient (Wildman–Crippen LogP) is 4.84. The van der Waals surface area contributed by atoms with Crippen molar-refractivity contribution < 1.29 is 13.5 Å². The quantitative estimate of drug-likeness (QED) is 0.776. The Morgan fingerprint density at radius 1 is 1.29 bits per heavy atom. The van der Waals surface area contributed by atoms with E-state index in [0.717, 1.165) is 11.3 Å². The van der Waals surface area contributed by atoms with Crippen LogP contribution in [0, 0.1) is 0 Å². The van der Waals surface area contributed by atoms with E-state index in [4.69, 9.17) is 11.6 Å². The Balaban J connectivity index is 1.93. The number of rotatable bonds is 5. The first-order valence-corrected chi connectivity index (χ1v) is 7.87. The second-order valence-electron chi connectivity index (χ2n) is 5.41. The zero-order valence-electron chi connectivity index (χ0n) is 12.7. The standard InChI is InChI=1S/C18H15ClF2N2O/c19-14-5-3-4-13(10-14)16-9-12(8-15-6-1-2-7-22-15)11-23-17(16)24-18(20)21/h1-3,5-7,9-11,13,18H,4,8H2. The fraction of sp³-hybridized carbons (Fsp3) is 0.222. The van der Waals surface area contributed by atoms with Crippen LogP contribution < -0.4 is 4.74 Å². The van der Waals surface area contributed by atoms with Crippen molar-refractivity contribution in [2.24, 2.45) is 0 Å². The van der Waals surface area contributed by atoms with Gasteiger partial charge in [-0.2, -0.15) is 8.78 Å². The van der Waals surface area contributed by atoms with Crippen molar-refractivity contribution in [3.63, 3.8) is 0 Å². The van der Waals surface area contributed by atoms with Crippen LogP contribution in [0.2, 0.25) is 0 Å². The topological polar surface area (TPSA) is 35.0 Å². The molecule has 0 saturated carbocycles. The Bertz CT molecular complexity index is 763. The van der Waals surface area contributed by atoms with Gasteiger partial charge in [-0.1, -0.05) is 29.8 Å². The normalized spacial score (nSPS) is 17.0. The van der Waals surface area contributed by atoms with E-state index in [0.29, 0.717) is 23.4 Å². The second kappa shape index (κ2) is 7.53. The van der Waals surface area contributed by atoms with Crippen molar-refractivity contribution in [2.45, 2.75) is 25.4 Å². The molecule has 0 saturated heterocycles.